The molecule has 4 N–H and O–H groups in total. The predicted molar refractivity (Wildman–Crippen MR) is 81.3 cm³/mol. The summed E-state index contributed by atoms with van der Waals surface area (Å²) in [6.45, 7) is 2.22. The highest BCUT2D eigenvalue weighted by Crippen LogP contribution is 2.19. The van der Waals surface area contributed by atoms with Crippen molar-refractivity contribution in [3.8, 4) is 11.4 Å². The van der Waals surface area contributed by atoms with Gasteiger partial charge in [-0.2, -0.15) is 0 Å². The van der Waals surface area contributed by atoms with E-state index in [-0.39, 0.29) is 12.6 Å². The monoisotopic (exact) mass is 272 g/mol. The average Bonchev–Trinajstić information content (AvgIpc) is 2.47. The lowest BCUT2D eigenvalue weighted by molar-refractivity contribution is 0.278. The summed E-state index contributed by atoms with van der Waals surface area (Å²) in [4.78, 5) is 8.75. The fourth-order valence-corrected chi connectivity index (χ4v) is 2.00. The van der Waals surface area contributed by atoms with E-state index in [9.17, 15) is 0 Å². The van der Waals surface area contributed by atoms with E-state index >= 15 is 0 Å². The fraction of sp³-hybridized carbons (Fsp3) is 0.333. The van der Waals surface area contributed by atoms with Crippen molar-refractivity contribution in [2.24, 2.45) is 0 Å². The number of nitrogens with one attached hydrogen (secondary N) is 1. The number of hydrogen-bond acceptors (Lipinski definition) is 5. The Morgan fingerprint density at radius 1 is 1.25 bits per heavy atom. The summed E-state index contributed by atoms with van der Waals surface area (Å²) < 4.78 is 0. The zero-order valence-electron chi connectivity index (χ0n) is 11.6. The number of nitrogen functional groups attached to an aromatic ring is 1. The Labute approximate surface area is 118 Å². The van der Waals surface area contributed by atoms with E-state index in [2.05, 4.69) is 22.2 Å². The van der Waals surface area contributed by atoms with Crippen LogP contribution in [0.25, 0.3) is 11.4 Å². The Morgan fingerprint density at radius 3 is 2.65 bits per heavy atom. The van der Waals surface area contributed by atoms with Gasteiger partial charge in [-0.1, -0.05) is 37.3 Å². The molecule has 0 fully saturated rings. The number of anilines is 2. The summed E-state index contributed by atoms with van der Waals surface area (Å²) in [5.41, 5.74) is 6.78. The lowest BCUT2D eigenvalue weighted by Gasteiger charge is -2.17. The van der Waals surface area contributed by atoms with Crippen LogP contribution in [0.2, 0.25) is 0 Å². The van der Waals surface area contributed by atoms with Gasteiger partial charge in [-0.15, -0.1) is 0 Å². The molecule has 2 aromatic rings. The lowest BCUT2D eigenvalue weighted by Crippen LogP contribution is -2.21. The van der Waals surface area contributed by atoms with Crippen LogP contribution < -0.4 is 11.1 Å². The van der Waals surface area contributed by atoms with Crippen LogP contribution in [0.5, 0.6) is 0 Å². The summed E-state index contributed by atoms with van der Waals surface area (Å²) in [6, 6.07) is 11.6. The van der Waals surface area contributed by atoms with Crippen LogP contribution in [-0.2, 0) is 0 Å². The molecule has 2 rings (SSSR count). The summed E-state index contributed by atoms with van der Waals surface area (Å²) in [5.74, 6) is 1.73. The predicted octanol–water partition coefficient (Wildman–Crippen LogP) is 2.30. The fourth-order valence-electron chi connectivity index (χ4n) is 2.00. The maximum absolute atomic E-state index is 9.04. The molecule has 20 heavy (non-hydrogen) atoms. The number of benzene rings is 1. The summed E-state index contributed by atoms with van der Waals surface area (Å²) >= 11 is 0. The number of rotatable bonds is 6. The molecule has 1 heterocycles. The van der Waals surface area contributed by atoms with Gasteiger partial charge in [-0.25, -0.2) is 9.97 Å². The second-order valence-corrected chi connectivity index (χ2v) is 4.63. The highest BCUT2D eigenvalue weighted by Gasteiger charge is 2.09. The number of hydrogen-bond donors (Lipinski definition) is 3. The van der Waals surface area contributed by atoms with Crippen LogP contribution in [0.4, 0.5) is 11.6 Å². The molecule has 1 aromatic heterocycles. The maximum atomic E-state index is 9.04. The smallest absolute Gasteiger partial charge is 0.163 e. The minimum absolute atomic E-state index is 0.150. The Balaban J connectivity index is 2.25. The highest BCUT2D eigenvalue weighted by molar-refractivity contribution is 5.60. The van der Waals surface area contributed by atoms with Gasteiger partial charge in [0, 0.05) is 24.3 Å². The van der Waals surface area contributed by atoms with E-state index in [1.807, 2.05) is 30.3 Å². The second kappa shape index (κ2) is 6.86. The average molecular weight is 272 g/mol. The van der Waals surface area contributed by atoms with Gasteiger partial charge in [-0.3, -0.25) is 0 Å². The summed E-state index contributed by atoms with van der Waals surface area (Å²) in [5, 5.41) is 12.3. The Morgan fingerprint density at radius 2 is 2.00 bits per heavy atom. The van der Waals surface area contributed by atoms with Gasteiger partial charge >= 0.3 is 0 Å². The Kier molecular flexibility index (Phi) is 4.90. The molecule has 106 valence electrons. The molecular weight excluding hydrogens is 252 g/mol. The molecule has 5 nitrogen and oxygen atoms in total. The van der Waals surface area contributed by atoms with E-state index in [0.29, 0.717) is 23.9 Å². The van der Waals surface area contributed by atoms with Crippen LogP contribution in [0, 0.1) is 0 Å². The zero-order chi connectivity index (χ0) is 14.4. The molecule has 0 amide bonds. The third-order valence-electron chi connectivity index (χ3n) is 3.10. The van der Waals surface area contributed by atoms with Crippen molar-refractivity contribution in [1.82, 2.24) is 9.97 Å². The quantitative estimate of drug-likeness (QED) is 0.751. The van der Waals surface area contributed by atoms with Gasteiger partial charge in [0.15, 0.2) is 5.82 Å². The second-order valence-electron chi connectivity index (χ2n) is 4.63. The van der Waals surface area contributed by atoms with E-state index < -0.39 is 0 Å². The topological polar surface area (TPSA) is 84.1 Å². The summed E-state index contributed by atoms with van der Waals surface area (Å²) in [6.07, 6.45) is 1.59. The molecule has 0 saturated carbocycles. The van der Waals surface area contributed by atoms with Crippen LogP contribution in [0.3, 0.4) is 0 Å². The minimum Gasteiger partial charge on any atom is -0.396 e. The minimum atomic E-state index is 0.150. The molecule has 0 aliphatic rings. The first-order valence-electron chi connectivity index (χ1n) is 6.80. The molecule has 1 atom stereocenters. The van der Waals surface area contributed by atoms with Crippen LogP contribution >= 0.6 is 0 Å². The van der Waals surface area contributed by atoms with Crippen LogP contribution in [-0.4, -0.2) is 27.7 Å². The van der Waals surface area contributed by atoms with Gasteiger partial charge in [0.2, 0.25) is 0 Å². The molecule has 0 aliphatic heterocycles. The first-order valence-corrected chi connectivity index (χ1v) is 6.80. The number of aliphatic hydroxyl groups is 1. The first kappa shape index (κ1) is 14.3. The van der Waals surface area contributed by atoms with Crippen molar-refractivity contribution in [2.45, 2.75) is 25.8 Å². The van der Waals surface area contributed by atoms with Crippen molar-refractivity contribution in [3.05, 3.63) is 36.4 Å². The van der Waals surface area contributed by atoms with Gasteiger partial charge in [-0.05, 0) is 12.8 Å². The van der Waals surface area contributed by atoms with Gasteiger partial charge in [0.1, 0.15) is 11.6 Å². The highest BCUT2D eigenvalue weighted by atomic mass is 16.3. The number of nitrogens with zero attached hydrogens (tertiary/aromatic N) is 2. The molecule has 0 radical (unpaired) electrons. The van der Waals surface area contributed by atoms with Gasteiger partial charge in [0.05, 0.1) is 0 Å². The number of nitrogens with two attached hydrogens (primary N) is 1. The molecule has 1 unspecified atom stereocenters. The summed E-state index contributed by atoms with van der Waals surface area (Å²) in [7, 11) is 0. The van der Waals surface area contributed by atoms with Crippen molar-refractivity contribution in [3.63, 3.8) is 0 Å². The lowest BCUT2D eigenvalue weighted by atomic mass is 10.1. The first-order chi connectivity index (χ1) is 9.72. The van der Waals surface area contributed by atoms with E-state index in [1.165, 1.54) is 0 Å². The maximum Gasteiger partial charge on any atom is 0.163 e. The third kappa shape index (κ3) is 3.68. The zero-order valence-corrected chi connectivity index (χ0v) is 11.6. The van der Waals surface area contributed by atoms with Crippen molar-refractivity contribution in [1.29, 1.82) is 0 Å². The molecule has 0 aliphatic carbocycles. The molecule has 0 saturated heterocycles. The largest absolute Gasteiger partial charge is 0.396 e. The molecule has 5 heteroatoms. The van der Waals surface area contributed by atoms with Gasteiger partial charge < -0.3 is 16.2 Å². The number of aromatic nitrogens is 2. The van der Waals surface area contributed by atoms with E-state index in [4.69, 9.17) is 10.8 Å². The SMILES string of the molecule is CCC(CCO)Nc1cc(N)nc(-c2ccccc2)n1. The van der Waals surface area contributed by atoms with Crippen LogP contribution in [0.15, 0.2) is 36.4 Å². The third-order valence-corrected chi connectivity index (χ3v) is 3.10. The van der Waals surface area contributed by atoms with Crippen LogP contribution in [0.1, 0.15) is 19.8 Å². The molecule has 0 bridgehead atoms. The standard InChI is InChI=1S/C15H20N4O/c1-2-12(8-9-20)17-14-10-13(16)18-15(19-14)11-6-4-3-5-7-11/h3-7,10,12,20H,2,8-9H2,1H3,(H3,16,17,18,19). The van der Waals surface area contributed by atoms with Crippen molar-refractivity contribution < 1.29 is 5.11 Å². The van der Waals surface area contributed by atoms with Gasteiger partial charge in [0.25, 0.3) is 0 Å². The Hall–Kier alpha value is -2.14. The Bertz CT molecular complexity index is 545. The van der Waals surface area contributed by atoms with E-state index in [0.717, 1.165) is 12.0 Å². The molecule has 1 aromatic carbocycles. The van der Waals surface area contributed by atoms with E-state index in [1.54, 1.807) is 6.07 Å². The number of aliphatic hydroxyl groups excluding tert-OH is 1. The normalized spacial score (nSPS) is 12.1. The van der Waals surface area contributed by atoms with Crippen molar-refractivity contribution >= 4 is 11.6 Å². The molecule has 0 spiro atoms. The molecular formula is C15H20N4O. The van der Waals surface area contributed by atoms with Crippen molar-refractivity contribution in [2.75, 3.05) is 17.7 Å².